The first-order valence-electron chi connectivity index (χ1n) is 14.7. The normalized spacial score (nSPS) is 42.7. The van der Waals surface area contributed by atoms with E-state index in [0.29, 0.717) is 41.9 Å². The van der Waals surface area contributed by atoms with E-state index in [4.69, 9.17) is 10.8 Å². The predicted octanol–water partition coefficient (Wildman–Crippen LogP) is 4.32. The van der Waals surface area contributed by atoms with Crippen LogP contribution in [0.4, 0.5) is 0 Å². The molecule has 1 amide bonds. The second kappa shape index (κ2) is 11.0. The largest absolute Gasteiger partial charge is 0.481 e. The predicted molar refractivity (Wildman–Crippen MR) is 140 cm³/mol. The van der Waals surface area contributed by atoms with Crippen LogP contribution in [-0.4, -0.2) is 45.2 Å². The summed E-state index contributed by atoms with van der Waals surface area (Å²) in [5, 5.41) is 30.8. The van der Waals surface area contributed by atoms with Crippen LogP contribution >= 0.6 is 0 Å². The van der Waals surface area contributed by atoms with Gasteiger partial charge in [0, 0.05) is 25.7 Å². The molecule has 4 rings (SSSR count). The molecule has 210 valence electrons. The number of ketones is 1. The minimum Gasteiger partial charge on any atom is -0.481 e. The van der Waals surface area contributed by atoms with Crippen molar-refractivity contribution >= 4 is 17.7 Å². The molecule has 0 aromatic carbocycles. The fourth-order valence-electron chi connectivity index (χ4n) is 9.94. The molecule has 0 saturated heterocycles. The fraction of sp³-hybridized carbons (Fsp3) is 0.900. The SMILES string of the molecule is C[C@H](CCC(=O)CC(CC(N)=O)CC(=O)O)[C@H]1CC[C@H]2[C@@H]3[C@@H](O)C[C@@H]4C[C@H](O)CC[C@]4(C)[C@H]3CC[C@]12C. The first kappa shape index (κ1) is 28.5. The molecule has 1 unspecified atom stereocenters. The van der Waals surface area contributed by atoms with Gasteiger partial charge in [-0.3, -0.25) is 14.4 Å². The van der Waals surface area contributed by atoms with E-state index in [1.54, 1.807) is 0 Å². The maximum Gasteiger partial charge on any atom is 0.303 e. The molecule has 4 fully saturated rings. The first-order chi connectivity index (χ1) is 17.3. The minimum atomic E-state index is -1.01. The topological polar surface area (TPSA) is 138 Å². The Hall–Kier alpha value is -1.47. The van der Waals surface area contributed by atoms with E-state index in [2.05, 4.69) is 20.8 Å². The van der Waals surface area contributed by atoms with Crippen LogP contribution in [-0.2, 0) is 14.4 Å². The van der Waals surface area contributed by atoms with Crippen molar-refractivity contribution in [3.05, 3.63) is 0 Å². The maximum atomic E-state index is 12.7. The number of rotatable bonds is 10. The standard InChI is InChI=1S/C30H49NO6/c1-17(4-5-20(32)12-18(13-26(31)35)14-27(36)37)22-6-7-23-28-24(9-11-30(22,23)3)29(2)10-8-21(33)15-19(29)16-25(28)34/h17-19,21-25,28,33-34H,4-16H2,1-3H3,(H2,31,35)(H,36,37)/t17-,18?,19+,21-,22-,23+,24+,25+,28+,29+,30-/m1/s1. The molecule has 11 atom stereocenters. The zero-order valence-corrected chi connectivity index (χ0v) is 23.0. The van der Waals surface area contributed by atoms with Gasteiger partial charge in [-0.25, -0.2) is 0 Å². The second-order valence-electron chi connectivity index (χ2n) is 13.8. The van der Waals surface area contributed by atoms with E-state index in [1.165, 1.54) is 6.42 Å². The third-order valence-corrected chi connectivity index (χ3v) is 11.8. The zero-order chi connectivity index (χ0) is 27.1. The van der Waals surface area contributed by atoms with E-state index < -0.39 is 17.8 Å². The summed E-state index contributed by atoms with van der Waals surface area (Å²) < 4.78 is 0. The molecule has 0 heterocycles. The molecule has 4 aliphatic rings. The summed E-state index contributed by atoms with van der Waals surface area (Å²) >= 11 is 0. The summed E-state index contributed by atoms with van der Waals surface area (Å²) in [5.74, 6) is 0.576. The Bertz CT molecular complexity index is 860. The van der Waals surface area contributed by atoms with Crippen molar-refractivity contribution in [2.75, 3.05) is 0 Å². The van der Waals surface area contributed by atoms with Crippen LogP contribution in [0.5, 0.6) is 0 Å². The Morgan fingerprint density at radius 1 is 0.919 bits per heavy atom. The summed E-state index contributed by atoms with van der Waals surface area (Å²) in [5.41, 5.74) is 5.65. The maximum absolute atomic E-state index is 12.7. The molecule has 7 nitrogen and oxygen atoms in total. The van der Waals surface area contributed by atoms with Gasteiger partial charge in [-0.1, -0.05) is 20.8 Å². The van der Waals surface area contributed by atoms with Gasteiger partial charge in [0.1, 0.15) is 5.78 Å². The molecule has 0 spiro atoms. The molecular formula is C30H49NO6. The van der Waals surface area contributed by atoms with Gasteiger partial charge < -0.3 is 21.1 Å². The van der Waals surface area contributed by atoms with Crippen molar-refractivity contribution < 1.29 is 29.7 Å². The smallest absolute Gasteiger partial charge is 0.303 e. The number of fused-ring (bicyclic) bond motifs is 5. The molecule has 0 radical (unpaired) electrons. The molecule has 0 bridgehead atoms. The van der Waals surface area contributed by atoms with Crippen LogP contribution in [0.15, 0.2) is 0 Å². The highest BCUT2D eigenvalue weighted by molar-refractivity contribution is 5.81. The highest BCUT2D eigenvalue weighted by Gasteiger charge is 2.62. The van der Waals surface area contributed by atoms with Gasteiger partial charge >= 0.3 is 5.97 Å². The van der Waals surface area contributed by atoms with Crippen LogP contribution in [0.1, 0.15) is 104 Å². The number of nitrogens with two attached hydrogens (primary N) is 1. The number of hydrogen-bond acceptors (Lipinski definition) is 5. The number of aliphatic hydroxyl groups excluding tert-OH is 2. The molecule has 4 aliphatic carbocycles. The zero-order valence-electron chi connectivity index (χ0n) is 23.0. The molecule has 4 saturated carbocycles. The quantitative estimate of drug-likeness (QED) is 0.339. The van der Waals surface area contributed by atoms with E-state index in [9.17, 15) is 24.6 Å². The van der Waals surface area contributed by atoms with Gasteiger partial charge in [-0.15, -0.1) is 0 Å². The number of hydrogen-bond donors (Lipinski definition) is 4. The second-order valence-corrected chi connectivity index (χ2v) is 13.8. The minimum absolute atomic E-state index is 0.0175. The molecule has 0 aliphatic heterocycles. The average molecular weight is 520 g/mol. The number of primary amides is 1. The van der Waals surface area contributed by atoms with Crippen molar-refractivity contribution in [3.63, 3.8) is 0 Å². The Morgan fingerprint density at radius 3 is 2.27 bits per heavy atom. The molecule has 5 N–H and O–H groups in total. The van der Waals surface area contributed by atoms with E-state index in [0.717, 1.165) is 51.4 Å². The van der Waals surface area contributed by atoms with Crippen molar-refractivity contribution in [3.8, 4) is 0 Å². The molecule has 0 aromatic heterocycles. The lowest BCUT2D eigenvalue weighted by Gasteiger charge is -2.62. The summed E-state index contributed by atoms with van der Waals surface area (Å²) in [4.78, 5) is 35.2. The van der Waals surface area contributed by atoms with Crippen molar-refractivity contribution in [1.82, 2.24) is 0 Å². The highest BCUT2D eigenvalue weighted by atomic mass is 16.4. The van der Waals surface area contributed by atoms with E-state index in [-0.39, 0.29) is 48.1 Å². The number of amides is 1. The van der Waals surface area contributed by atoms with Crippen LogP contribution in [0.3, 0.4) is 0 Å². The lowest BCUT2D eigenvalue weighted by Crippen LogP contribution is -2.58. The number of carboxylic acid groups (broad SMARTS) is 1. The summed E-state index contributed by atoms with van der Waals surface area (Å²) in [6.07, 6.45) is 8.67. The first-order valence-corrected chi connectivity index (χ1v) is 14.7. The van der Waals surface area contributed by atoms with E-state index >= 15 is 0 Å². The van der Waals surface area contributed by atoms with Crippen molar-refractivity contribution in [2.45, 2.75) is 116 Å². The average Bonchev–Trinajstić information content (AvgIpc) is 3.15. The summed E-state index contributed by atoms with van der Waals surface area (Å²) in [6, 6.07) is 0. The number of carbonyl (C=O) groups excluding carboxylic acids is 2. The van der Waals surface area contributed by atoms with Gasteiger partial charge in [-0.05, 0) is 110 Å². The molecule has 0 aromatic rings. The Morgan fingerprint density at radius 2 is 1.59 bits per heavy atom. The van der Waals surface area contributed by atoms with Gasteiger partial charge in [-0.2, -0.15) is 0 Å². The Balaban J connectivity index is 1.38. The summed E-state index contributed by atoms with van der Waals surface area (Å²) in [6.45, 7) is 7.13. The van der Waals surface area contributed by atoms with Gasteiger partial charge in [0.05, 0.1) is 12.2 Å². The molecular weight excluding hydrogens is 470 g/mol. The summed E-state index contributed by atoms with van der Waals surface area (Å²) in [7, 11) is 0. The van der Waals surface area contributed by atoms with E-state index in [1.807, 2.05) is 0 Å². The van der Waals surface area contributed by atoms with Crippen molar-refractivity contribution in [1.29, 1.82) is 0 Å². The van der Waals surface area contributed by atoms with Gasteiger partial charge in [0.15, 0.2) is 0 Å². The van der Waals surface area contributed by atoms with Gasteiger partial charge in [0.25, 0.3) is 0 Å². The third kappa shape index (κ3) is 5.63. The van der Waals surface area contributed by atoms with Crippen LogP contribution < -0.4 is 5.73 Å². The lowest BCUT2D eigenvalue weighted by atomic mass is 9.43. The molecule has 7 heteroatoms. The monoisotopic (exact) mass is 519 g/mol. The van der Waals surface area contributed by atoms with Crippen molar-refractivity contribution in [2.24, 2.45) is 58.0 Å². The Labute approximate surface area is 222 Å². The van der Waals surface area contributed by atoms with Crippen LogP contribution in [0.2, 0.25) is 0 Å². The Kier molecular flexibility index (Phi) is 8.45. The number of aliphatic carboxylic acids is 1. The number of carboxylic acids is 1. The lowest BCUT2D eigenvalue weighted by molar-refractivity contribution is -0.174. The highest BCUT2D eigenvalue weighted by Crippen LogP contribution is 2.68. The number of Topliss-reactive ketones (excluding diaryl/α,β-unsaturated/α-hetero) is 1. The molecule has 37 heavy (non-hydrogen) atoms. The number of aliphatic hydroxyl groups is 2. The third-order valence-electron chi connectivity index (χ3n) is 11.8. The van der Waals surface area contributed by atoms with Crippen LogP contribution in [0, 0.1) is 52.3 Å². The van der Waals surface area contributed by atoms with Gasteiger partial charge in [0.2, 0.25) is 5.91 Å². The number of carbonyl (C=O) groups is 3. The van der Waals surface area contributed by atoms with Crippen LogP contribution in [0.25, 0.3) is 0 Å². The fourth-order valence-corrected chi connectivity index (χ4v) is 9.94.